The average molecular weight is 377 g/mol. The Bertz CT molecular complexity index is 808. The van der Waals surface area contributed by atoms with Gasteiger partial charge in [-0.1, -0.05) is 0 Å². The van der Waals surface area contributed by atoms with Gasteiger partial charge in [0.2, 0.25) is 5.91 Å². The van der Waals surface area contributed by atoms with E-state index in [1.807, 2.05) is 0 Å². The van der Waals surface area contributed by atoms with E-state index in [9.17, 15) is 9.18 Å². The van der Waals surface area contributed by atoms with Gasteiger partial charge in [-0.2, -0.15) is 0 Å². The molecule has 0 aromatic carbocycles. The molecule has 9 heteroatoms. The minimum absolute atomic E-state index is 0.0722. The zero-order chi connectivity index (χ0) is 20.0. The molecule has 8 nitrogen and oxygen atoms in total. The van der Waals surface area contributed by atoms with Crippen molar-refractivity contribution in [1.82, 2.24) is 15.0 Å². The van der Waals surface area contributed by atoms with Crippen LogP contribution in [-0.2, 0) is 15.2 Å². The molecule has 0 saturated carbocycles. The lowest BCUT2D eigenvalue weighted by Gasteiger charge is -2.17. The van der Waals surface area contributed by atoms with Crippen molar-refractivity contribution in [3.63, 3.8) is 0 Å². The number of nitrogens with one attached hydrogen (secondary N) is 2. The van der Waals surface area contributed by atoms with Crippen LogP contribution in [0.3, 0.4) is 0 Å². The number of carbonyl (C=O) groups excluding carboxylic acids is 1. The van der Waals surface area contributed by atoms with E-state index >= 15 is 0 Å². The zero-order valence-corrected chi connectivity index (χ0v) is 16.1. The number of anilines is 3. The minimum Gasteiger partial charge on any atom is -0.487 e. The van der Waals surface area contributed by atoms with Crippen LogP contribution in [0.2, 0.25) is 0 Å². The summed E-state index contributed by atoms with van der Waals surface area (Å²) in [5.41, 5.74) is -0.545. The van der Waals surface area contributed by atoms with E-state index in [0.717, 1.165) is 0 Å². The maximum atomic E-state index is 14.3. The number of hydrogen-bond acceptors (Lipinski definition) is 7. The van der Waals surface area contributed by atoms with Crippen molar-refractivity contribution in [2.75, 3.05) is 31.0 Å². The van der Waals surface area contributed by atoms with E-state index in [1.54, 1.807) is 26.2 Å². The predicted molar refractivity (Wildman–Crippen MR) is 100 cm³/mol. The number of halogens is 1. The summed E-state index contributed by atoms with van der Waals surface area (Å²) in [6, 6.07) is 3.30. The van der Waals surface area contributed by atoms with Crippen LogP contribution in [0.25, 0.3) is 0 Å². The lowest BCUT2D eigenvalue weighted by atomic mass is 10.1. The average Bonchev–Trinajstić information content (AvgIpc) is 2.55. The molecule has 1 amide bonds. The molecular formula is C18H24FN5O3. The first-order valence-electron chi connectivity index (χ1n) is 8.40. The second kappa shape index (κ2) is 8.72. The van der Waals surface area contributed by atoms with Crippen molar-refractivity contribution in [3.05, 3.63) is 29.8 Å². The summed E-state index contributed by atoms with van der Waals surface area (Å²) in [7, 11) is 1.57. The van der Waals surface area contributed by atoms with Gasteiger partial charge in [0.25, 0.3) is 0 Å². The molecule has 0 aliphatic carbocycles. The van der Waals surface area contributed by atoms with Crippen LogP contribution in [0.4, 0.5) is 21.7 Å². The Morgan fingerprint density at radius 3 is 2.59 bits per heavy atom. The Kier molecular flexibility index (Phi) is 6.62. The van der Waals surface area contributed by atoms with Crippen molar-refractivity contribution in [2.24, 2.45) is 0 Å². The van der Waals surface area contributed by atoms with E-state index in [-0.39, 0.29) is 11.7 Å². The van der Waals surface area contributed by atoms with Crippen LogP contribution in [0.5, 0.6) is 5.75 Å². The first-order chi connectivity index (χ1) is 12.7. The fourth-order valence-electron chi connectivity index (χ4n) is 2.18. The van der Waals surface area contributed by atoms with E-state index in [4.69, 9.17) is 9.47 Å². The van der Waals surface area contributed by atoms with E-state index < -0.39 is 5.67 Å². The Labute approximate surface area is 157 Å². The van der Waals surface area contributed by atoms with Crippen LogP contribution in [0.15, 0.2) is 18.3 Å². The molecule has 27 heavy (non-hydrogen) atoms. The van der Waals surface area contributed by atoms with Crippen LogP contribution in [0.1, 0.15) is 32.3 Å². The van der Waals surface area contributed by atoms with Gasteiger partial charge < -0.3 is 20.1 Å². The molecule has 0 radical (unpaired) electrons. The van der Waals surface area contributed by atoms with Crippen molar-refractivity contribution < 1.29 is 18.7 Å². The second-order valence-corrected chi connectivity index (χ2v) is 6.40. The van der Waals surface area contributed by atoms with Crippen LogP contribution < -0.4 is 15.4 Å². The van der Waals surface area contributed by atoms with Crippen LogP contribution in [-0.4, -0.2) is 41.2 Å². The highest BCUT2D eigenvalue weighted by molar-refractivity contribution is 5.88. The topological polar surface area (TPSA) is 98.3 Å². The third-order valence-electron chi connectivity index (χ3n) is 3.37. The normalized spacial score (nSPS) is 11.2. The van der Waals surface area contributed by atoms with Gasteiger partial charge in [-0.25, -0.2) is 19.3 Å². The first kappa shape index (κ1) is 20.5. The largest absolute Gasteiger partial charge is 0.487 e. The van der Waals surface area contributed by atoms with Gasteiger partial charge in [0.1, 0.15) is 18.2 Å². The second-order valence-electron chi connectivity index (χ2n) is 6.40. The number of aryl methyl sites for hydroxylation is 1. The molecule has 0 aliphatic heterocycles. The number of ether oxygens (including phenoxy) is 2. The molecule has 2 aromatic heterocycles. The van der Waals surface area contributed by atoms with Gasteiger partial charge in [-0.15, -0.1) is 0 Å². The number of nitrogens with zero attached hydrogens (tertiary/aromatic N) is 3. The lowest BCUT2D eigenvalue weighted by Crippen LogP contribution is -2.16. The molecule has 2 N–H and O–H groups in total. The highest BCUT2D eigenvalue weighted by Crippen LogP contribution is 2.30. The minimum atomic E-state index is -1.68. The van der Waals surface area contributed by atoms with Gasteiger partial charge in [0.05, 0.1) is 18.5 Å². The molecule has 0 atom stereocenters. The Morgan fingerprint density at radius 2 is 1.96 bits per heavy atom. The molecular weight excluding hydrogens is 353 g/mol. The highest BCUT2D eigenvalue weighted by Gasteiger charge is 2.23. The number of aromatic nitrogens is 3. The lowest BCUT2D eigenvalue weighted by molar-refractivity contribution is -0.114. The highest BCUT2D eigenvalue weighted by atomic mass is 19.1. The molecule has 0 saturated heterocycles. The Morgan fingerprint density at radius 1 is 1.22 bits per heavy atom. The van der Waals surface area contributed by atoms with Gasteiger partial charge in [-0.05, 0) is 20.8 Å². The SMILES string of the molecule is COCCOc1cnc(NC(C)=O)cc1Nc1cc(C)nc(C(C)(C)F)n1. The van der Waals surface area contributed by atoms with Gasteiger partial charge in [0, 0.05) is 31.9 Å². The first-order valence-corrected chi connectivity index (χ1v) is 8.40. The number of pyridine rings is 1. The molecule has 2 rings (SSSR count). The maximum absolute atomic E-state index is 14.3. The summed E-state index contributed by atoms with van der Waals surface area (Å²) in [4.78, 5) is 23.8. The molecule has 2 heterocycles. The van der Waals surface area contributed by atoms with Crippen molar-refractivity contribution in [3.8, 4) is 5.75 Å². The van der Waals surface area contributed by atoms with Gasteiger partial charge in [-0.3, -0.25) is 4.79 Å². The number of methoxy groups -OCH3 is 1. The summed E-state index contributed by atoms with van der Waals surface area (Å²) < 4.78 is 24.9. The molecule has 0 fully saturated rings. The predicted octanol–water partition coefficient (Wildman–Crippen LogP) is 3.11. The fraction of sp³-hybridized carbons (Fsp3) is 0.444. The molecule has 0 spiro atoms. The number of carbonyl (C=O) groups is 1. The Hall–Kier alpha value is -2.81. The smallest absolute Gasteiger partial charge is 0.222 e. The monoisotopic (exact) mass is 377 g/mol. The third-order valence-corrected chi connectivity index (χ3v) is 3.37. The van der Waals surface area contributed by atoms with Gasteiger partial charge >= 0.3 is 0 Å². The third kappa shape index (κ3) is 6.14. The summed E-state index contributed by atoms with van der Waals surface area (Å²) in [5.74, 6) is 1.02. The number of rotatable bonds is 8. The van der Waals surface area contributed by atoms with Crippen molar-refractivity contribution in [2.45, 2.75) is 33.4 Å². The van der Waals surface area contributed by atoms with E-state index in [1.165, 1.54) is 27.0 Å². The summed E-state index contributed by atoms with van der Waals surface area (Å²) >= 11 is 0. The van der Waals surface area contributed by atoms with Crippen LogP contribution >= 0.6 is 0 Å². The zero-order valence-electron chi connectivity index (χ0n) is 16.1. The number of alkyl halides is 1. The fourth-order valence-corrected chi connectivity index (χ4v) is 2.18. The number of hydrogen-bond donors (Lipinski definition) is 2. The van der Waals surface area contributed by atoms with Crippen molar-refractivity contribution >= 4 is 23.2 Å². The van der Waals surface area contributed by atoms with Crippen molar-refractivity contribution in [1.29, 1.82) is 0 Å². The van der Waals surface area contributed by atoms with E-state index in [2.05, 4.69) is 25.6 Å². The summed E-state index contributed by atoms with van der Waals surface area (Å²) in [6.07, 6.45) is 1.48. The quantitative estimate of drug-likeness (QED) is 0.682. The molecule has 0 bridgehead atoms. The standard InChI is InChI=1S/C18H24FN5O3/c1-11-8-16(24-17(21-11)18(3,4)19)23-13-9-15(22-12(2)25)20-10-14(13)27-7-6-26-5/h8-10H,6-7H2,1-5H3,(H2,20,21,22,23,24,25). The van der Waals surface area contributed by atoms with Crippen LogP contribution in [0, 0.1) is 6.92 Å². The Balaban J connectivity index is 2.36. The molecule has 0 unspecified atom stereocenters. The van der Waals surface area contributed by atoms with Gasteiger partial charge in [0.15, 0.2) is 17.2 Å². The summed E-state index contributed by atoms with van der Waals surface area (Å²) in [5, 5.41) is 5.70. The van der Waals surface area contributed by atoms with E-state index in [0.29, 0.717) is 42.0 Å². The molecule has 146 valence electrons. The number of amides is 1. The molecule has 2 aromatic rings. The summed E-state index contributed by atoms with van der Waals surface area (Å²) in [6.45, 7) is 6.66. The molecule has 0 aliphatic rings. The maximum Gasteiger partial charge on any atom is 0.222 e.